The van der Waals surface area contributed by atoms with Gasteiger partial charge in [-0.3, -0.25) is 24.0 Å². The van der Waals surface area contributed by atoms with Crippen molar-refractivity contribution >= 4 is 47.2 Å². The van der Waals surface area contributed by atoms with Crippen molar-refractivity contribution in [3.63, 3.8) is 0 Å². The number of anilines is 1. The number of ether oxygens (including phenoxy) is 1. The van der Waals surface area contributed by atoms with Crippen LogP contribution < -0.4 is 21.3 Å². The minimum atomic E-state index is -1.60. The van der Waals surface area contributed by atoms with Crippen LogP contribution in [0, 0.1) is 17.6 Å². The number of aryl methyl sites for hydroxylation is 1. The van der Waals surface area contributed by atoms with Crippen molar-refractivity contribution in [2.75, 3.05) is 25.0 Å². The second-order valence-corrected chi connectivity index (χ2v) is 16.1. The number of hydrogen-bond donors (Lipinski definition) is 4. The monoisotopic (exact) mass is 821 g/mol. The zero-order chi connectivity index (χ0) is 42.5. The summed E-state index contributed by atoms with van der Waals surface area (Å²) in [4.78, 5) is 102. The van der Waals surface area contributed by atoms with Gasteiger partial charge in [-0.2, -0.15) is 0 Å². The third kappa shape index (κ3) is 9.82. The van der Waals surface area contributed by atoms with Crippen LogP contribution >= 0.6 is 0 Å². The fourth-order valence-corrected chi connectivity index (χ4v) is 8.53. The number of hydrogen-bond acceptors (Lipinski definition) is 8. The van der Waals surface area contributed by atoms with Crippen molar-refractivity contribution in [1.29, 1.82) is 0 Å². The molecule has 0 aromatic heterocycles. The standard InChI is InChI=1S/C42H53F2N7O8/c1-5-26-14-15-30(29(44)20-26)46-42(58)47-31(21-27-10-8-11-28(43)19-27)36(52)48-35-25(4)59-41(57)34-18-23(2)22-51(34)38(54)24(3)45-37(53)32-12-6-7-16-49(32)39(55)33-13-9-17-50(33)40(35)56/h8,10-11,14-15,19-20,23-25,31-35H,5-7,9,12-13,16-18,21-22H2,1-4H3,(H,45,53)(H,48,52)(H2,46,47,58)/t23-,24+,25+,31+,32+,33+,34+,35+/m1/s1. The first-order valence-corrected chi connectivity index (χ1v) is 20.5. The molecule has 318 valence electrons. The molecule has 15 nitrogen and oxygen atoms in total. The van der Waals surface area contributed by atoms with Crippen molar-refractivity contribution < 1.29 is 47.1 Å². The third-order valence-electron chi connectivity index (χ3n) is 11.7. The molecule has 4 saturated heterocycles. The van der Waals surface area contributed by atoms with Gasteiger partial charge in [-0.15, -0.1) is 0 Å². The Labute approximate surface area is 341 Å². The van der Waals surface area contributed by atoms with Crippen LogP contribution in [0.1, 0.15) is 77.3 Å². The Bertz CT molecular complexity index is 1970. The Morgan fingerprint density at radius 3 is 2.31 bits per heavy atom. The molecule has 4 heterocycles. The third-order valence-corrected chi connectivity index (χ3v) is 11.7. The molecule has 8 atom stereocenters. The average molecular weight is 822 g/mol. The van der Waals surface area contributed by atoms with Gasteiger partial charge in [0.2, 0.25) is 29.5 Å². The van der Waals surface area contributed by atoms with Gasteiger partial charge in [-0.25, -0.2) is 18.4 Å². The maximum atomic E-state index is 14.9. The molecule has 2 aromatic rings. The van der Waals surface area contributed by atoms with Gasteiger partial charge in [-0.05, 0) is 100 Å². The minimum absolute atomic E-state index is 0.107. The zero-order valence-corrected chi connectivity index (χ0v) is 33.8. The molecule has 0 saturated carbocycles. The van der Waals surface area contributed by atoms with Gasteiger partial charge in [0.25, 0.3) is 0 Å². The summed E-state index contributed by atoms with van der Waals surface area (Å²) in [6, 6.07) is 1.65. The van der Waals surface area contributed by atoms with Crippen molar-refractivity contribution in [3.8, 4) is 0 Å². The number of cyclic esters (lactones) is 1. The first kappa shape index (κ1) is 43.0. The van der Waals surface area contributed by atoms with Crippen LogP contribution in [0.15, 0.2) is 42.5 Å². The number of carbonyl (C=O) groups is 7. The summed E-state index contributed by atoms with van der Waals surface area (Å²) in [6.07, 6.45) is 1.55. The fraction of sp³-hybridized carbons (Fsp3) is 0.548. The highest BCUT2D eigenvalue weighted by Crippen LogP contribution is 2.29. The van der Waals surface area contributed by atoms with E-state index in [-0.39, 0.29) is 50.5 Å². The zero-order valence-electron chi connectivity index (χ0n) is 33.8. The number of nitrogens with zero attached hydrogens (tertiary/aromatic N) is 3. The van der Waals surface area contributed by atoms with E-state index >= 15 is 0 Å². The van der Waals surface area contributed by atoms with E-state index in [9.17, 15) is 42.3 Å². The summed E-state index contributed by atoms with van der Waals surface area (Å²) >= 11 is 0. The molecule has 0 aliphatic carbocycles. The largest absolute Gasteiger partial charge is 0.458 e. The maximum Gasteiger partial charge on any atom is 0.329 e. The summed E-state index contributed by atoms with van der Waals surface area (Å²) in [7, 11) is 0. The van der Waals surface area contributed by atoms with Gasteiger partial charge in [0.05, 0.1) is 5.69 Å². The molecule has 2 aromatic carbocycles. The van der Waals surface area contributed by atoms with E-state index in [1.807, 2.05) is 13.8 Å². The normalized spacial score (nSPS) is 27.3. The lowest BCUT2D eigenvalue weighted by atomic mass is 9.99. The molecule has 4 aliphatic heterocycles. The number of urea groups is 1. The van der Waals surface area contributed by atoms with Gasteiger partial charge < -0.3 is 40.7 Å². The molecule has 17 heteroatoms. The van der Waals surface area contributed by atoms with E-state index in [2.05, 4.69) is 21.3 Å². The number of benzene rings is 2. The van der Waals surface area contributed by atoms with Crippen LogP contribution in [0.3, 0.4) is 0 Å². The SMILES string of the molecule is CCc1ccc(NC(=O)N[C@@H](Cc2cccc(F)c2)C(=O)N[C@@H]2C(=O)N3CCC[C@H]3C(=O)N3CCCC[C@H]3C(=O)N[C@@H](C)C(=O)N3C[C@H](C)C[C@H]3C(=O)O[C@H]2C)c(F)c1. The van der Waals surface area contributed by atoms with Gasteiger partial charge in [0.15, 0.2) is 0 Å². The smallest absolute Gasteiger partial charge is 0.329 e. The second kappa shape index (κ2) is 18.5. The van der Waals surface area contributed by atoms with E-state index in [0.717, 1.165) is 0 Å². The molecular weight excluding hydrogens is 768 g/mol. The maximum absolute atomic E-state index is 14.9. The summed E-state index contributed by atoms with van der Waals surface area (Å²) in [5, 5.41) is 10.4. The van der Waals surface area contributed by atoms with Gasteiger partial charge >= 0.3 is 12.0 Å². The first-order chi connectivity index (χ1) is 28.1. The molecule has 59 heavy (non-hydrogen) atoms. The lowest BCUT2D eigenvalue weighted by Gasteiger charge is -2.39. The number of amides is 7. The molecule has 4 aliphatic rings. The summed E-state index contributed by atoms with van der Waals surface area (Å²) in [6.45, 7) is 7.25. The molecule has 7 amide bonds. The van der Waals surface area contributed by atoms with Crippen LogP contribution in [0.4, 0.5) is 19.3 Å². The highest BCUT2D eigenvalue weighted by Gasteiger charge is 2.47. The van der Waals surface area contributed by atoms with E-state index in [1.54, 1.807) is 12.1 Å². The average Bonchev–Trinajstić information content (AvgIpc) is 3.86. The Balaban J connectivity index is 1.33. The fourth-order valence-electron chi connectivity index (χ4n) is 8.53. The van der Waals surface area contributed by atoms with E-state index in [1.165, 1.54) is 58.9 Å². The Morgan fingerprint density at radius 1 is 0.847 bits per heavy atom. The summed E-state index contributed by atoms with van der Waals surface area (Å²) in [5.41, 5.74) is 0.858. The Kier molecular flexibility index (Phi) is 13.5. The Morgan fingerprint density at radius 2 is 1.58 bits per heavy atom. The second-order valence-electron chi connectivity index (χ2n) is 16.1. The van der Waals surface area contributed by atoms with Crippen LogP contribution in [0.5, 0.6) is 0 Å². The molecule has 4 fully saturated rings. The van der Waals surface area contributed by atoms with Crippen molar-refractivity contribution in [3.05, 3.63) is 65.2 Å². The number of fused-ring (bicyclic) bond motifs is 3. The number of esters is 1. The van der Waals surface area contributed by atoms with Crippen LogP contribution in [0.2, 0.25) is 0 Å². The van der Waals surface area contributed by atoms with E-state index in [0.29, 0.717) is 43.2 Å². The van der Waals surface area contributed by atoms with Crippen LogP contribution in [0.25, 0.3) is 0 Å². The van der Waals surface area contributed by atoms with Gasteiger partial charge in [0, 0.05) is 26.1 Å². The summed E-state index contributed by atoms with van der Waals surface area (Å²) < 4.78 is 35.1. The van der Waals surface area contributed by atoms with E-state index < -0.39 is 95.5 Å². The quantitative estimate of drug-likeness (QED) is 0.307. The number of piperidine rings is 1. The lowest BCUT2D eigenvalue weighted by Crippen LogP contribution is -2.63. The molecular formula is C42H53F2N7O8. The molecule has 0 unspecified atom stereocenters. The number of halogens is 2. The van der Waals surface area contributed by atoms with Crippen molar-refractivity contribution in [2.45, 2.75) is 121 Å². The highest BCUT2D eigenvalue weighted by molar-refractivity contribution is 5.99. The van der Waals surface area contributed by atoms with Crippen LogP contribution in [-0.2, 0) is 46.3 Å². The topological polar surface area (TPSA) is 187 Å². The Hall–Kier alpha value is -5.61. The van der Waals surface area contributed by atoms with Gasteiger partial charge in [-0.1, -0.05) is 32.0 Å². The molecule has 0 bridgehead atoms. The van der Waals surface area contributed by atoms with Gasteiger partial charge in [0.1, 0.15) is 54.0 Å². The molecule has 6 rings (SSSR count). The number of carbonyl (C=O) groups excluding carboxylic acids is 7. The number of nitrogens with one attached hydrogen (secondary N) is 4. The summed E-state index contributed by atoms with van der Waals surface area (Å²) in [5.74, 6) is -5.36. The highest BCUT2D eigenvalue weighted by atomic mass is 19.1. The minimum Gasteiger partial charge on any atom is -0.458 e. The van der Waals surface area contributed by atoms with E-state index in [4.69, 9.17) is 4.74 Å². The lowest BCUT2D eigenvalue weighted by molar-refractivity contribution is -0.163. The predicted molar refractivity (Wildman–Crippen MR) is 210 cm³/mol. The van der Waals surface area contributed by atoms with Crippen molar-refractivity contribution in [2.24, 2.45) is 5.92 Å². The molecule has 4 N–H and O–H groups in total. The van der Waals surface area contributed by atoms with Crippen LogP contribution in [-0.4, -0.2) is 118 Å². The first-order valence-electron chi connectivity index (χ1n) is 20.5. The predicted octanol–water partition coefficient (Wildman–Crippen LogP) is 2.80. The van der Waals surface area contributed by atoms with Crippen molar-refractivity contribution in [1.82, 2.24) is 30.7 Å². The molecule has 0 radical (unpaired) electrons. The molecule has 0 spiro atoms. The number of rotatable bonds is 7.